The summed E-state index contributed by atoms with van der Waals surface area (Å²) in [6.07, 6.45) is 6.16. The largest absolute Gasteiger partial charge is 0.394 e. The maximum absolute atomic E-state index is 9.41. The summed E-state index contributed by atoms with van der Waals surface area (Å²) in [5.41, 5.74) is 0.411. The Labute approximate surface area is 93.7 Å². The first-order valence-corrected chi connectivity index (χ1v) is 6.12. The summed E-state index contributed by atoms with van der Waals surface area (Å²) in [7, 11) is 0. The van der Waals surface area contributed by atoms with Gasteiger partial charge in [0.2, 0.25) is 0 Å². The second-order valence-corrected chi connectivity index (χ2v) is 5.61. The topological polar surface area (TPSA) is 40.5 Å². The molecule has 3 atom stereocenters. The minimum atomic E-state index is -0.635. The maximum atomic E-state index is 9.41. The van der Waals surface area contributed by atoms with Crippen molar-refractivity contribution in [2.75, 3.05) is 6.61 Å². The predicted molar refractivity (Wildman–Crippen MR) is 62.3 cm³/mol. The molecule has 0 spiro atoms. The number of rotatable bonds is 4. The van der Waals surface area contributed by atoms with E-state index in [0.29, 0.717) is 17.3 Å². The van der Waals surface area contributed by atoms with Crippen molar-refractivity contribution in [2.24, 2.45) is 17.3 Å². The van der Waals surface area contributed by atoms with Crippen LogP contribution in [-0.4, -0.2) is 22.9 Å². The van der Waals surface area contributed by atoms with E-state index in [9.17, 15) is 5.11 Å². The Hall–Kier alpha value is -0.0800. The summed E-state index contributed by atoms with van der Waals surface area (Å²) in [5.74, 6) is 1.17. The second-order valence-electron chi connectivity index (χ2n) is 5.61. The summed E-state index contributed by atoms with van der Waals surface area (Å²) in [4.78, 5) is 0. The number of hydrogen-bond donors (Lipinski definition) is 2. The second kappa shape index (κ2) is 5.31. The Morgan fingerprint density at radius 1 is 1.47 bits per heavy atom. The lowest BCUT2D eigenvalue weighted by molar-refractivity contribution is 0.0757. The summed E-state index contributed by atoms with van der Waals surface area (Å²) in [6.45, 7) is 6.77. The van der Waals surface area contributed by atoms with Crippen LogP contribution >= 0.6 is 0 Å². The first kappa shape index (κ1) is 13.0. The zero-order valence-corrected chi connectivity index (χ0v) is 10.2. The van der Waals surface area contributed by atoms with Gasteiger partial charge in [0.25, 0.3) is 0 Å². The average molecular weight is 213 g/mol. The van der Waals surface area contributed by atoms with Crippen LogP contribution in [0.4, 0.5) is 0 Å². The molecule has 15 heavy (non-hydrogen) atoms. The van der Waals surface area contributed by atoms with Gasteiger partial charge in [-0.1, -0.05) is 33.6 Å². The Morgan fingerprint density at radius 2 is 2.13 bits per heavy atom. The molecular formula is C13H25O2. The number of hydrogen-bond acceptors (Lipinski definition) is 2. The molecule has 1 rings (SSSR count). The van der Waals surface area contributed by atoms with E-state index >= 15 is 0 Å². The van der Waals surface area contributed by atoms with Crippen LogP contribution in [0.25, 0.3) is 0 Å². The normalized spacial score (nSPS) is 34.4. The molecule has 0 aromatic carbocycles. The number of aliphatic hydroxyl groups is 2. The molecule has 89 valence electrons. The van der Waals surface area contributed by atoms with E-state index in [4.69, 9.17) is 5.11 Å². The van der Waals surface area contributed by atoms with Crippen LogP contribution < -0.4 is 0 Å². The van der Waals surface area contributed by atoms with E-state index < -0.39 is 6.10 Å². The minimum Gasteiger partial charge on any atom is -0.394 e. The van der Waals surface area contributed by atoms with Gasteiger partial charge in [-0.3, -0.25) is 0 Å². The fourth-order valence-corrected chi connectivity index (χ4v) is 2.63. The van der Waals surface area contributed by atoms with Crippen molar-refractivity contribution in [3.63, 3.8) is 0 Å². The Bertz CT molecular complexity index is 191. The molecule has 1 aliphatic carbocycles. The third-order valence-electron chi connectivity index (χ3n) is 4.13. The lowest BCUT2D eigenvalue weighted by Gasteiger charge is -2.41. The first-order valence-electron chi connectivity index (χ1n) is 6.12. The van der Waals surface area contributed by atoms with Gasteiger partial charge in [0, 0.05) is 0 Å². The molecule has 2 N–H and O–H groups in total. The predicted octanol–water partition coefficient (Wildman–Crippen LogP) is 2.40. The fraction of sp³-hybridized carbons (Fsp3) is 0.923. The lowest BCUT2D eigenvalue weighted by Crippen LogP contribution is -2.32. The van der Waals surface area contributed by atoms with E-state index in [1.54, 1.807) is 0 Å². The maximum Gasteiger partial charge on any atom is 0.0805 e. The molecule has 0 aromatic heterocycles. The summed E-state index contributed by atoms with van der Waals surface area (Å²) in [6, 6.07) is 0. The Morgan fingerprint density at radius 3 is 2.67 bits per heavy atom. The molecule has 2 nitrogen and oxygen atoms in total. The zero-order valence-electron chi connectivity index (χ0n) is 10.2. The summed E-state index contributed by atoms with van der Waals surface area (Å²) < 4.78 is 0. The van der Waals surface area contributed by atoms with E-state index in [0.717, 1.165) is 6.42 Å². The van der Waals surface area contributed by atoms with E-state index in [-0.39, 0.29) is 6.61 Å². The van der Waals surface area contributed by atoms with Crippen molar-refractivity contribution in [1.82, 2.24) is 0 Å². The minimum absolute atomic E-state index is 0.144. The molecular weight excluding hydrogens is 188 g/mol. The molecule has 0 saturated heterocycles. The van der Waals surface area contributed by atoms with Crippen molar-refractivity contribution >= 4 is 0 Å². The Balaban J connectivity index is 2.48. The van der Waals surface area contributed by atoms with Crippen LogP contribution in [-0.2, 0) is 0 Å². The molecule has 0 heterocycles. The third-order valence-corrected chi connectivity index (χ3v) is 4.13. The lowest BCUT2D eigenvalue weighted by atomic mass is 9.64. The average Bonchev–Trinajstić information content (AvgIpc) is 2.17. The van der Waals surface area contributed by atoms with E-state index in [1.165, 1.54) is 19.3 Å². The highest BCUT2D eigenvalue weighted by Crippen LogP contribution is 2.45. The molecule has 0 aliphatic heterocycles. The van der Waals surface area contributed by atoms with E-state index in [1.807, 2.05) is 6.42 Å². The third kappa shape index (κ3) is 3.46. The van der Waals surface area contributed by atoms with Crippen LogP contribution in [0.5, 0.6) is 0 Å². The molecule has 0 aromatic rings. The van der Waals surface area contributed by atoms with Crippen molar-refractivity contribution in [3.05, 3.63) is 6.42 Å². The van der Waals surface area contributed by atoms with Gasteiger partial charge in [-0.25, -0.2) is 0 Å². The van der Waals surface area contributed by atoms with Gasteiger partial charge in [0.1, 0.15) is 0 Å². The molecule has 1 aliphatic rings. The van der Waals surface area contributed by atoms with Gasteiger partial charge in [0.15, 0.2) is 0 Å². The van der Waals surface area contributed by atoms with Gasteiger partial charge in [-0.2, -0.15) is 0 Å². The van der Waals surface area contributed by atoms with Crippen molar-refractivity contribution < 1.29 is 10.2 Å². The Kier molecular flexibility index (Phi) is 4.60. The molecule has 1 saturated carbocycles. The van der Waals surface area contributed by atoms with Gasteiger partial charge in [0.05, 0.1) is 12.7 Å². The highest BCUT2D eigenvalue weighted by atomic mass is 16.3. The SMILES string of the molecule is CC(C)C1(C)CCCC([CH]C(O)CO)C1. The first-order chi connectivity index (χ1) is 6.98. The number of aliphatic hydroxyl groups excluding tert-OH is 2. The van der Waals surface area contributed by atoms with Crippen molar-refractivity contribution in [2.45, 2.75) is 52.6 Å². The van der Waals surface area contributed by atoms with Crippen molar-refractivity contribution in [1.29, 1.82) is 0 Å². The van der Waals surface area contributed by atoms with Crippen LogP contribution in [0.1, 0.15) is 46.5 Å². The quantitative estimate of drug-likeness (QED) is 0.753. The van der Waals surface area contributed by atoms with Gasteiger partial charge in [-0.15, -0.1) is 0 Å². The van der Waals surface area contributed by atoms with E-state index in [2.05, 4.69) is 20.8 Å². The smallest absolute Gasteiger partial charge is 0.0805 e. The fourth-order valence-electron chi connectivity index (χ4n) is 2.63. The molecule has 0 bridgehead atoms. The van der Waals surface area contributed by atoms with Crippen LogP contribution in [0.15, 0.2) is 0 Å². The summed E-state index contributed by atoms with van der Waals surface area (Å²) in [5, 5.41) is 18.2. The highest BCUT2D eigenvalue weighted by molar-refractivity contribution is 4.93. The molecule has 3 unspecified atom stereocenters. The van der Waals surface area contributed by atoms with Gasteiger partial charge >= 0.3 is 0 Å². The highest BCUT2D eigenvalue weighted by Gasteiger charge is 2.35. The molecule has 1 fully saturated rings. The standard InChI is InChI=1S/C13H25O2/c1-10(2)13(3)6-4-5-11(8-13)7-12(15)9-14/h7,10-12,14-15H,4-6,8-9H2,1-3H3. The molecule has 0 amide bonds. The van der Waals surface area contributed by atoms with Crippen LogP contribution in [0.3, 0.4) is 0 Å². The monoisotopic (exact) mass is 213 g/mol. The summed E-state index contributed by atoms with van der Waals surface area (Å²) >= 11 is 0. The van der Waals surface area contributed by atoms with Crippen LogP contribution in [0, 0.1) is 23.7 Å². The van der Waals surface area contributed by atoms with Crippen LogP contribution in [0.2, 0.25) is 0 Å². The molecule has 1 radical (unpaired) electrons. The van der Waals surface area contributed by atoms with Gasteiger partial charge < -0.3 is 10.2 Å². The van der Waals surface area contributed by atoms with Gasteiger partial charge in [-0.05, 0) is 36.5 Å². The molecule has 2 heteroatoms. The zero-order chi connectivity index (χ0) is 11.5. The van der Waals surface area contributed by atoms with Crippen molar-refractivity contribution in [3.8, 4) is 0 Å².